The van der Waals surface area contributed by atoms with E-state index in [-0.39, 0.29) is 46.9 Å². The lowest BCUT2D eigenvalue weighted by atomic mass is 9.70. The molecule has 1 saturated heterocycles. The highest BCUT2D eigenvalue weighted by Gasteiger charge is 2.70. The number of likely N-dealkylation sites (tertiary alicyclic amines) is 1. The zero-order valence-corrected chi connectivity index (χ0v) is 33.6. The normalized spacial score (nSPS) is 28.4. The van der Waals surface area contributed by atoms with Crippen molar-refractivity contribution in [2.45, 2.75) is 167 Å². The van der Waals surface area contributed by atoms with Crippen molar-refractivity contribution in [3.05, 3.63) is 0 Å². The molecule has 6 rings (SSSR count). The SMILES string of the molecule is CC(C)N(C)S(=O)(=O)CC1(NC(=O)N[C@H](C(=O)N2C[C@H]3[C@@H]([C@H]2C(=O)N[C@@H](CC2CC2)C(=O)C(=O)NC2CC2)C3(C)C)C2(C)CCCCC2)CCCCC1. The molecule has 0 radical (unpaired) electrons. The fraction of sp³-hybridized carbons (Fsp3) is 0.872. The second-order valence-electron chi connectivity index (χ2n) is 18.7. The minimum Gasteiger partial charge on any atom is -0.347 e. The third-order valence-electron chi connectivity index (χ3n) is 13.8. The molecule has 5 atom stereocenters. The van der Waals surface area contributed by atoms with Gasteiger partial charge in [-0.3, -0.25) is 19.2 Å². The summed E-state index contributed by atoms with van der Waals surface area (Å²) in [6, 6.07) is -3.53. The van der Waals surface area contributed by atoms with Gasteiger partial charge in [-0.25, -0.2) is 17.5 Å². The molecule has 5 saturated carbocycles. The Morgan fingerprint density at radius 3 is 2.02 bits per heavy atom. The van der Waals surface area contributed by atoms with Gasteiger partial charge in [-0.05, 0) is 87.4 Å². The van der Waals surface area contributed by atoms with E-state index in [0.717, 1.165) is 77.0 Å². The Labute approximate surface area is 316 Å². The molecule has 0 bridgehead atoms. The van der Waals surface area contributed by atoms with Gasteiger partial charge in [-0.2, -0.15) is 0 Å². The van der Waals surface area contributed by atoms with E-state index in [4.69, 9.17) is 0 Å². The molecule has 4 N–H and O–H groups in total. The number of carbonyl (C=O) groups is 5. The zero-order chi connectivity index (χ0) is 38.5. The van der Waals surface area contributed by atoms with Gasteiger partial charge in [0, 0.05) is 25.7 Å². The van der Waals surface area contributed by atoms with E-state index in [1.165, 1.54) is 4.31 Å². The lowest BCUT2D eigenvalue weighted by molar-refractivity contribution is -0.146. The average Bonchev–Trinajstić information content (AvgIpc) is 4.06. The maximum atomic E-state index is 15.0. The van der Waals surface area contributed by atoms with Crippen molar-refractivity contribution in [1.82, 2.24) is 30.5 Å². The van der Waals surface area contributed by atoms with E-state index in [1.54, 1.807) is 11.9 Å². The molecule has 13 nitrogen and oxygen atoms in total. The molecule has 298 valence electrons. The van der Waals surface area contributed by atoms with Crippen LogP contribution in [0.25, 0.3) is 0 Å². The summed E-state index contributed by atoms with van der Waals surface area (Å²) in [4.78, 5) is 71.3. The first-order valence-electron chi connectivity index (χ1n) is 20.4. The van der Waals surface area contributed by atoms with Gasteiger partial charge in [0.1, 0.15) is 12.1 Å². The summed E-state index contributed by atoms with van der Waals surface area (Å²) in [7, 11) is -2.12. The number of nitrogens with one attached hydrogen (secondary N) is 4. The predicted molar refractivity (Wildman–Crippen MR) is 201 cm³/mol. The molecule has 0 aromatic heterocycles. The van der Waals surface area contributed by atoms with Crippen molar-refractivity contribution in [2.24, 2.45) is 28.6 Å². The monoisotopic (exact) mass is 760 g/mol. The van der Waals surface area contributed by atoms with Crippen molar-refractivity contribution in [1.29, 1.82) is 0 Å². The highest BCUT2D eigenvalue weighted by Crippen LogP contribution is 2.65. The molecule has 0 aromatic rings. The molecule has 0 spiro atoms. The Balaban J connectivity index is 1.23. The number of Topliss-reactive ketones (excluding diaryl/α,β-unsaturated/α-hetero) is 1. The maximum Gasteiger partial charge on any atom is 0.315 e. The van der Waals surface area contributed by atoms with Crippen molar-refractivity contribution in [3.8, 4) is 0 Å². The first-order valence-corrected chi connectivity index (χ1v) is 22.0. The van der Waals surface area contributed by atoms with Gasteiger partial charge in [0.2, 0.25) is 27.6 Å². The molecule has 14 heteroatoms. The lowest BCUT2D eigenvalue weighted by Gasteiger charge is -2.44. The number of piperidine rings is 1. The Bertz CT molecular complexity index is 1540. The number of nitrogens with zero attached hydrogens (tertiary/aromatic N) is 2. The fourth-order valence-electron chi connectivity index (χ4n) is 9.69. The van der Waals surface area contributed by atoms with Gasteiger partial charge < -0.3 is 26.2 Å². The summed E-state index contributed by atoms with van der Waals surface area (Å²) in [5.41, 5.74) is -1.73. The standard InChI is InChI=1S/C39H64N6O7S/c1-24(2)44(6)53(51,52)23-39(19-11-8-12-20-39)43-36(50)42-32(38(5)17-9-7-10-18-38)35(49)45-22-27-29(37(27,3)4)30(45)33(47)41-28(21-25-13-14-25)31(46)34(48)40-26-15-16-26/h24-30,32H,7-23H2,1-6H3,(H,40,48)(H,41,47)(H2,42,43,50)/t27-,28-,29-,30-,32+/m0/s1. The quantitative estimate of drug-likeness (QED) is 0.185. The highest BCUT2D eigenvalue weighted by molar-refractivity contribution is 7.89. The Hall–Kier alpha value is -2.74. The van der Waals surface area contributed by atoms with Gasteiger partial charge in [-0.15, -0.1) is 0 Å². The molecule has 0 unspecified atom stereocenters. The third kappa shape index (κ3) is 8.73. The zero-order valence-electron chi connectivity index (χ0n) is 32.8. The minimum atomic E-state index is -3.69. The van der Waals surface area contributed by atoms with Crippen molar-refractivity contribution < 1.29 is 32.4 Å². The van der Waals surface area contributed by atoms with Crippen molar-refractivity contribution in [3.63, 3.8) is 0 Å². The van der Waals surface area contributed by atoms with Crippen LogP contribution in [-0.2, 0) is 29.2 Å². The largest absolute Gasteiger partial charge is 0.347 e. The lowest BCUT2D eigenvalue weighted by Crippen LogP contribution is -2.65. The Morgan fingerprint density at radius 2 is 1.45 bits per heavy atom. The molecule has 5 amide bonds. The first-order chi connectivity index (χ1) is 24.9. The highest BCUT2D eigenvalue weighted by atomic mass is 32.2. The van der Waals surface area contributed by atoms with E-state index in [1.807, 2.05) is 20.8 Å². The number of urea groups is 1. The van der Waals surface area contributed by atoms with E-state index in [2.05, 4.69) is 35.1 Å². The Morgan fingerprint density at radius 1 is 0.849 bits per heavy atom. The van der Waals surface area contributed by atoms with Crippen LogP contribution in [0.5, 0.6) is 0 Å². The Kier molecular flexibility index (Phi) is 11.4. The van der Waals surface area contributed by atoms with Gasteiger partial charge in [-0.1, -0.05) is 72.1 Å². The van der Waals surface area contributed by atoms with Crippen LogP contribution in [0.3, 0.4) is 0 Å². The van der Waals surface area contributed by atoms with Crippen LogP contribution < -0.4 is 21.3 Å². The second-order valence-corrected chi connectivity index (χ2v) is 20.7. The minimum absolute atomic E-state index is 0.0150. The molecule has 6 aliphatic rings. The van der Waals surface area contributed by atoms with E-state index in [0.29, 0.717) is 25.8 Å². The van der Waals surface area contributed by atoms with E-state index >= 15 is 0 Å². The van der Waals surface area contributed by atoms with E-state index < -0.39 is 62.7 Å². The van der Waals surface area contributed by atoms with Crippen molar-refractivity contribution in [2.75, 3.05) is 19.3 Å². The number of carbonyl (C=O) groups excluding carboxylic acids is 5. The van der Waals surface area contributed by atoms with E-state index in [9.17, 15) is 32.4 Å². The first kappa shape index (κ1) is 39.9. The molecule has 1 aliphatic heterocycles. The van der Waals surface area contributed by atoms with Crippen LogP contribution in [0.1, 0.15) is 131 Å². The number of amides is 5. The molecular formula is C39H64N6O7S. The van der Waals surface area contributed by atoms with Gasteiger partial charge in [0.05, 0.1) is 17.3 Å². The summed E-state index contributed by atoms with van der Waals surface area (Å²) in [6.45, 7) is 10.2. The van der Waals surface area contributed by atoms with Crippen molar-refractivity contribution >= 4 is 39.6 Å². The number of ketones is 1. The molecule has 53 heavy (non-hydrogen) atoms. The van der Waals surface area contributed by atoms with Crippen LogP contribution in [0.2, 0.25) is 0 Å². The third-order valence-corrected chi connectivity index (χ3v) is 16.0. The predicted octanol–water partition coefficient (Wildman–Crippen LogP) is 3.61. The topological polar surface area (TPSA) is 174 Å². The summed E-state index contributed by atoms with van der Waals surface area (Å²) in [5, 5.41) is 11.9. The van der Waals surface area contributed by atoms with Crippen LogP contribution in [0, 0.1) is 28.6 Å². The molecule has 0 aromatic carbocycles. The van der Waals surface area contributed by atoms with Crippen LogP contribution in [-0.4, -0.2) is 102 Å². The smallest absolute Gasteiger partial charge is 0.315 e. The molecule has 1 heterocycles. The number of sulfonamides is 1. The van der Waals surface area contributed by atoms with Crippen LogP contribution in [0.4, 0.5) is 4.79 Å². The number of rotatable bonds is 15. The number of fused-ring (bicyclic) bond motifs is 1. The molecule has 6 fully saturated rings. The maximum absolute atomic E-state index is 15.0. The van der Waals surface area contributed by atoms with Gasteiger partial charge >= 0.3 is 6.03 Å². The summed E-state index contributed by atoms with van der Waals surface area (Å²) < 4.78 is 28.3. The van der Waals surface area contributed by atoms with Gasteiger partial charge in [0.15, 0.2) is 0 Å². The number of hydrogen-bond donors (Lipinski definition) is 4. The van der Waals surface area contributed by atoms with Crippen LogP contribution in [0.15, 0.2) is 0 Å². The second kappa shape index (κ2) is 15.1. The fourth-order valence-corrected chi connectivity index (χ4v) is 11.6. The van der Waals surface area contributed by atoms with Crippen LogP contribution >= 0.6 is 0 Å². The summed E-state index contributed by atoms with van der Waals surface area (Å²) >= 11 is 0. The molecular weight excluding hydrogens is 697 g/mol. The number of hydrogen-bond acceptors (Lipinski definition) is 7. The summed E-state index contributed by atoms with van der Waals surface area (Å²) in [5.74, 6) is -2.03. The molecule has 5 aliphatic carbocycles. The summed E-state index contributed by atoms with van der Waals surface area (Å²) in [6.07, 6.45) is 11.9. The average molecular weight is 761 g/mol. The van der Waals surface area contributed by atoms with Gasteiger partial charge in [0.25, 0.3) is 5.91 Å².